The zero-order chi connectivity index (χ0) is 21.5. The van der Waals surface area contributed by atoms with Gasteiger partial charge in [-0.1, -0.05) is 47.5 Å². The zero-order valence-corrected chi connectivity index (χ0v) is 16.3. The highest BCUT2D eigenvalue weighted by Crippen LogP contribution is 2.31. The average molecular weight is 428 g/mol. The van der Waals surface area contributed by atoms with Crippen LogP contribution in [0.2, 0.25) is 5.15 Å². The summed E-state index contributed by atoms with van der Waals surface area (Å²) in [5.41, 5.74) is 2.35. The van der Waals surface area contributed by atoms with E-state index in [4.69, 9.17) is 16.9 Å². The number of hydrogen-bond donors (Lipinski definition) is 0. The molecule has 0 amide bonds. The molecule has 4 aromatic rings. The number of rotatable bonds is 3. The van der Waals surface area contributed by atoms with Gasteiger partial charge in [0.2, 0.25) is 5.82 Å². The minimum Gasteiger partial charge on any atom is -0.316 e. The number of alkyl halides is 3. The van der Waals surface area contributed by atoms with Gasteiger partial charge in [-0.25, -0.2) is 9.97 Å². The van der Waals surface area contributed by atoms with E-state index >= 15 is 0 Å². The van der Waals surface area contributed by atoms with Crippen molar-refractivity contribution < 1.29 is 13.2 Å². The van der Waals surface area contributed by atoms with E-state index in [1.165, 1.54) is 12.1 Å². The van der Waals surface area contributed by atoms with Gasteiger partial charge in [-0.05, 0) is 30.7 Å². The second-order valence-corrected chi connectivity index (χ2v) is 7.07. The van der Waals surface area contributed by atoms with Gasteiger partial charge in [0.05, 0.1) is 5.56 Å². The number of nitrogens with zero attached hydrogens (tertiary/aromatic N) is 5. The lowest BCUT2D eigenvalue weighted by Gasteiger charge is -2.12. The summed E-state index contributed by atoms with van der Waals surface area (Å²) in [6, 6.07) is 14.3. The first kappa shape index (κ1) is 19.9. The molecule has 30 heavy (non-hydrogen) atoms. The topological polar surface area (TPSA) is 67.4 Å². The van der Waals surface area contributed by atoms with E-state index in [0.29, 0.717) is 16.9 Å². The van der Waals surface area contributed by atoms with Gasteiger partial charge in [0.25, 0.3) is 0 Å². The molecule has 0 radical (unpaired) electrons. The van der Waals surface area contributed by atoms with Crippen LogP contribution in [-0.4, -0.2) is 19.5 Å². The molecule has 5 nitrogen and oxygen atoms in total. The number of aryl methyl sites for hydroxylation is 1. The van der Waals surface area contributed by atoms with Gasteiger partial charge in [0.15, 0.2) is 10.8 Å². The van der Waals surface area contributed by atoms with E-state index in [1.54, 1.807) is 4.57 Å². The SMILES string of the molecule is Cc1cccc(-c2nc3nc(C#N)nc(Cl)c3n2Cc2ccc(C(F)(F)F)cc2)c1. The molecule has 150 valence electrons. The largest absolute Gasteiger partial charge is 0.416 e. The van der Waals surface area contributed by atoms with Crippen molar-refractivity contribution in [2.24, 2.45) is 0 Å². The minimum atomic E-state index is -4.40. The molecule has 2 aromatic carbocycles. The Balaban J connectivity index is 1.88. The Labute approximate surface area is 174 Å². The molecule has 0 aliphatic carbocycles. The lowest BCUT2D eigenvalue weighted by molar-refractivity contribution is -0.137. The van der Waals surface area contributed by atoms with E-state index in [1.807, 2.05) is 37.3 Å². The Morgan fingerprint density at radius 3 is 2.43 bits per heavy atom. The second-order valence-electron chi connectivity index (χ2n) is 6.71. The average Bonchev–Trinajstić information content (AvgIpc) is 3.06. The Bertz CT molecular complexity index is 1290. The van der Waals surface area contributed by atoms with Gasteiger partial charge in [0, 0.05) is 12.1 Å². The van der Waals surface area contributed by atoms with Crippen molar-refractivity contribution in [2.45, 2.75) is 19.6 Å². The van der Waals surface area contributed by atoms with E-state index in [0.717, 1.165) is 23.3 Å². The van der Waals surface area contributed by atoms with Crippen LogP contribution in [0, 0.1) is 18.3 Å². The molecule has 0 spiro atoms. The van der Waals surface area contributed by atoms with Gasteiger partial charge in [-0.3, -0.25) is 0 Å². The lowest BCUT2D eigenvalue weighted by Crippen LogP contribution is -2.06. The Morgan fingerprint density at radius 1 is 1.07 bits per heavy atom. The summed E-state index contributed by atoms with van der Waals surface area (Å²) in [6.07, 6.45) is -4.40. The van der Waals surface area contributed by atoms with Crippen molar-refractivity contribution in [1.29, 1.82) is 5.26 Å². The minimum absolute atomic E-state index is 0.0508. The Hall–Kier alpha value is -3.44. The van der Waals surface area contributed by atoms with Gasteiger partial charge in [-0.2, -0.15) is 23.4 Å². The molecule has 0 fully saturated rings. The van der Waals surface area contributed by atoms with Crippen LogP contribution < -0.4 is 0 Å². The van der Waals surface area contributed by atoms with Crippen molar-refractivity contribution in [3.63, 3.8) is 0 Å². The quantitative estimate of drug-likeness (QED) is 0.411. The third-order valence-electron chi connectivity index (χ3n) is 4.56. The van der Waals surface area contributed by atoms with E-state index in [-0.39, 0.29) is 23.2 Å². The fourth-order valence-electron chi connectivity index (χ4n) is 3.18. The number of nitriles is 1. The molecule has 4 rings (SSSR count). The monoisotopic (exact) mass is 427 g/mol. The maximum absolute atomic E-state index is 12.9. The molecule has 0 unspecified atom stereocenters. The molecular weight excluding hydrogens is 415 g/mol. The molecule has 2 heterocycles. The lowest BCUT2D eigenvalue weighted by atomic mass is 10.1. The Kier molecular flexibility index (Phi) is 4.92. The highest BCUT2D eigenvalue weighted by atomic mass is 35.5. The molecule has 0 saturated heterocycles. The molecule has 9 heteroatoms. The van der Waals surface area contributed by atoms with Crippen LogP contribution in [-0.2, 0) is 12.7 Å². The van der Waals surface area contributed by atoms with Crippen molar-refractivity contribution in [1.82, 2.24) is 19.5 Å². The third-order valence-corrected chi connectivity index (χ3v) is 4.82. The fourth-order valence-corrected chi connectivity index (χ4v) is 3.45. The van der Waals surface area contributed by atoms with Crippen LogP contribution in [0.25, 0.3) is 22.6 Å². The molecule has 0 aliphatic rings. The molecule has 0 N–H and O–H groups in total. The normalized spacial score (nSPS) is 11.6. The van der Waals surface area contributed by atoms with Crippen molar-refractivity contribution in [3.05, 3.63) is 76.2 Å². The predicted octanol–water partition coefficient (Wildman–Crippen LogP) is 5.39. The zero-order valence-electron chi connectivity index (χ0n) is 15.6. The van der Waals surface area contributed by atoms with Crippen molar-refractivity contribution >= 4 is 22.8 Å². The summed E-state index contributed by atoms with van der Waals surface area (Å²) in [4.78, 5) is 12.7. The number of halogens is 4. The number of aromatic nitrogens is 4. The summed E-state index contributed by atoms with van der Waals surface area (Å²) >= 11 is 6.32. The van der Waals surface area contributed by atoms with E-state index < -0.39 is 11.7 Å². The van der Waals surface area contributed by atoms with Crippen LogP contribution in [0.4, 0.5) is 13.2 Å². The summed E-state index contributed by atoms with van der Waals surface area (Å²) < 4.78 is 40.4. The number of hydrogen-bond acceptors (Lipinski definition) is 4. The summed E-state index contributed by atoms with van der Waals surface area (Å²) in [5, 5.41) is 9.17. The summed E-state index contributed by atoms with van der Waals surface area (Å²) in [7, 11) is 0. The van der Waals surface area contributed by atoms with Crippen LogP contribution in [0.3, 0.4) is 0 Å². The van der Waals surface area contributed by atoms with Crippen LogP contribution in [0.15, 0.2) is 48.5 Å². The maximum Gasteiger partial charge on any atom is 0.416 e. The van der Waals surface area contributed by atoms with Gasteiger partial charge < -0.3 is 4.57 Å². The summed E-state index contributed by atoms with van der Waals surface area (Å²) in [5.74, 6) is 0.419. The first-order valence-corrected chi connectivity index (χ1v) is 9.21. The van der Waals surface area contributed by atoms with Crippen LogP contribution >= 0.6 is 11.6 Å². The molecule has 0 atom stereocenters. The van der Waals surface area contributed by atoms with Gasteiger partial charge >= 0.3 is 6.18 Å². The highest BCUT2D eigenvalue weighted by Gasteiger charge is 2.30. The number of fused-ring (bicyclic) bond motifs is 1. The van der Waals surface area contributed by atoms with Crippen molar-refractivity contribution in [3.8, 4) is 17.5 Å². The smallest absolute Gasteiger partial charge is 0.316 e. The molecule has 0 aliphatic heterocycles. The van der Waals surface area contributed by atoms with Crippen LogP contribution in [0.5, 0.6) is 0 Å². The molecule has 0 saturated carbocycles. The molecule has 2 aromatic heterocycles. The van der Waals surface area contributed by atoms with E-state index in [2.05, 4.69) is 15.0 Å². The first-order valence-electron chi connectivity index (χ1n) is 8.83. The third kappa shape index (κ3) is 3.72. The number of benzene rings is 2. The van der Waals surface area contributed by atoms with Gasteiger partial charge in [-0.15, -0.1) is 0 Å². The maximum atomic E-state index is 12.9. The first-order chi connectivity index (χ1) is 14.3. The summed E-state index contributed by atoms with van der Waals surface area (Å²) in [6.45, 7) is 2.14. The highest BCUT2D eigenvalue weighted by molar-refractivity contribution is 6.33. The van der Waals surface area contributed by atoms with Gasteiger partial charge in [0.1, 0.15) is 17.4 Å². The second kappa shape index (κ2) is 7.43. The number of imidazole rings is 1. The van der Waals surface area contributed by atoms with Crippen LogP contribution in [0.1, 0.15) is 22.5 Å². The molecular formula is C21H13ClF3N5. The van der Waals surface area contributed by atoms with E-state index in [9.17, 15) is 13.2 Å². The fraction of sp³-hybridized carbons (Fsp3) is 0.143. The standard InChI is InChI=1S/C21H13ClF3N5/c1-12-3-2-4-14(9-12)20-29-19-17(18(22)27-16(10-26)28-19)30(20)11-13-5-7-15(8-6-13)21(23,24)25/h2-9H,11H2,1H3. The molecule has 0 bridgehead atoms. The Morgan fingerprint density at radius 2 is 1.80 bits per heavy atom. The van der Waals surface area contributed by atoms with Crippen molar-refractivity contribution in [2.75, 3.05) is 0 Å². The predicted molar refractivity (Wildman–Crippen MR) is 106 cm³/mol.